The molecular formula is C10H14O3. The molecule has 1 aromatic carbocycles. The van der Waals surface area contributed by atoms with Crippen molar-refractivity contribution in [1.29, 1.82) is 0 Å². The van der Waals surface area contributed by atoms with Gasteiger partial charge in [0.25, 0.3) is 5.97 Å². The Morgan fingerprint density at radius 1 is 1.31 bits per heavy atom. The van der Waals surface area contributed by atoms with E-state index in [0.717, 1.165) is 12.5 Å². The lowest BCUT2D eigenvalue weighted by molar-refractivity contribution is -0.134. The van der Waals surface area contributed by atoms with Crippen LogP contribution in [0, 0.1) is 13.8 Å². The number of carbonyl (C=O) groups is 1. The number of carboxylic acid groups (broad SMARTS) is 1. The maximum Gasteiger partial charge on any atom is 0.300 e. The molecule has 3 nitrogen and oxygen atoms in total. The molecule has 13 heavy (non-hydrogen) atoms. The Hall–Kier alpha value is -1.51. The Morgan fingerprint density at radius 3 is 2.08 bits per heavy atom. The molecule has 0 aliphatic rings. The molecule has 3 heteroatoms. The summed E-state index contributed by atoms with van der Waals surface area (Å²) in [5, 5.41) is 16.5. The van der Waals surface area contributed by atoms with Gasteiger partial charge in [-0.1, -0.05) is 17.7 Å². The minimum atomic E-state index is -0.833. The molecule has 0 saturated carbocycles. The molecule has 0 aromatic heterocycles. The topological polar surface area (TPSA) is 57.5 Å². The highest BCUT2D eigenvalue weighted by Crippen LogP contribution is 2.15. The monoisotopic (exact) mass is 182 g/mol. The summed E-state index contributed by atoms with van der Waals surface area (Å²) in [5.41, 5.74) is 2.13. The van der Waals surface area contributed by atoms with Crippen molar-refractivity contribution in [3.63, 3.8) is 0 Å². The van der Waals surface area contributed by atoms with Gasteiger partial charge in [0.05, 0.1) is 0 Å². The SMILES string of the molecule is CC(=O)O.Cc1ccc(O)c(C)c1. The van der Waals surface area contributed by atoms with E-state index >= 15 is 0 Å². The molecule has 1 rings (SSSR count). The van der Waals surface area contributed by atoms with E-state index in [9.17, 15) is 0 Å². The number of carboxylic acids is 1. The van der Waals surface area contributed by atoms with Crippen LogP contribution in [0.15, 0.2) is 18.2 Å². The Balaban J connectivity index is 0.000000310. The normalized spacial score (nSPS) is 8.54. The zero-order valence-corrected chi connectivity index (χ0v) is 8.03. The number of benzene rings is 1. The highest BCUT2D eigenvalue weighted by Gasteiger charge is 1.91. The third-order valence-corrected chi connectivity index (χ3v) is 1.35. The summed E-state index contributed by atoms with van der Waals surface area (Å²) in [6.45, 7) is 4.98. The first kappa shape index (κ1) is 11.5. The van der Waals surface area contributed by atoms with E-state index in [1.54, 1.807) is 6.07 Å². The second-order valence-electron chi connectivity index (χ2n) is 2.81. The molecule has 72 valence electrons. The van der Waals surface area contributed by atoms with Gasteiger partial charge in [-0.25, -0.2) is 0 Å². The van der Waals surface area contributed by atoms with E-state index < -0.39 is 5.97 Å². The first-order valence-corrected chi connectivity index (χ1v) is 3.89. The van der Waals surface area contributed by atoms with Crippen molar-refractivity contribution in [2.45, 2.75) is 20.8 Å². The minimum absolute atomic E-state index is 0.376. The fourth-order valence-electron chi connectivity index (χ4n) is 0.805. The second kappa shape index (κ2) is 5.19. The average molecular weight is 182 g/mol. The summed E-state index contributed by atoms with van der Waals surface area (Å²) in [4.78, 5) is 9.00. The molecule has 0 heterocycles. The summed E-state index contributed by atoms with van der Waals surface area (Å²) in [5.74, 6) is -0.458. The highest BCUT2D eigenvalue weighted by atomic mass is 16.4. The molecule has 0 bridgehead atoms. The van der Waals surface area contributed by atoms with E-state index in [1.165, 1.54) is 5.56 Å². The molecule has 0 atom stereocenters. The summed E-state index contributed by atoms with van der Waals surface area (Å²) in [7, 11) is 0. The Morgan fingerprint density at radius 2 is 1.77 bits per heavy atom. The average Bonchev–Trinajstić information content (AvgIpc) is 1.96. The zero-order valence-electron chi connectivity index (χ0n) is 8.03. The number of aryl methyl sites for hydroxylation is 2. The van der Waals surface area contributed by atoms with Crippen LogP contribution in [0.1, 0.15) is 18.1 Å². The summed E-state index contributed by atoms with van der Waals surface area (Å²) in [6, 6.07) is 5.56. The predicted octanol–water partition coefficient (Wildman–Crippen LogP) is 2.10. The number of hydrogen-bond acceptors (Lipinski definition) is 2. The molecule has 0 unspecified atom stereocenters. The standard InChI is InChI=1S/C8H10O.C2H4O2/c1-6-3-4-8(9)7(2)5-6;1-2(3)4/h3-5,9H,1-2H3;1H3,(H,3,4). The number of hydrogen-bond donors (Lipinski definition) is 2. The van der Waals surface area contributed by atoms with Crippen molar-refractivity contribution in [3.8, 4) is 5.75 Å². The molecule has 2 N–H and O–H groups in total. The van der Waals surface area contributed by atoms with Crippen molar-refractivity contribution in [3.05, 3.63) is 29.3 Å². The molecule has 0 aliphatic carbocycles. The van der Waals surface area contributed by atoms with Crippen LogP contribution in [0.25, 0.3) is 0 Å². The van der Waals surface area contributed by atoms with Gasteiger partial charge in [-0.05, 0) is 25.5 Å². The Labute approximate surface area is 77.6 Å². The van der Waals surface area contributed by atoms with Gasteiger partial charge >= 0.3 is 0 Å². The van der Waals surface area contributed by atoms with E-state index in [4.69, 9.17) is 15.0 Å². The van der Waals surface area contributed by atoms with Crippen LogP contribution in [-0.2, 0) is 4.79 Å². The van der Waals surface area contributed by atoms with Gasteiger partial charge in [0, 0.05) is 6.92 Å². The molecule has 0 fully saturated rings. The maximum atomic E-state index is 9.04. The van der Waals surface area contributed by atoms with Gasteiger partial charge in [0.1, 0.15) is 5.75 Å². The number of rotatable bonds is 0. The molecule has 1 aromatic rings. The smallest absolute Gasteiger partial charge is 0.300 e. The number of aromatic hydroxyl groups is 1. The van der Waals surface area contributed by atoms with Gasteiger partial charge in [0.2, 0.25) is 0 Å². The van der Waals surface area contributed by atoms with Crippen LogP contribution in [0.3, 0.4) is 0 Å². The quantitative estimate of drug-likeness (QED) is 0.646. The lowest BCUT2D eigenvalue weighted by atomic mass is 10.1. The maximum absolute atomic E-state index is 9.04. The summed E-state index contributed by atoms with van der Waals surface area (Å²) < 4.78 is 0. The van der Waals surface area contributed by atoms with Gasteiger partial charge < -0.3 is 10.2 Å². The fraction of sp³-hybridized carbons (Fsp3) is 0.300. The molecule has 0 saturated heterocycles. The fourth-order valence-corrected chi connectivity index (χ4v) is 0.805. The van der Waals surface area contributed by atoms with Crippen molar-refractivity contribution < 1.29 is 15.0 Å². The van der Waals surface area contributed by atoms with Crippen LogP contribution < -0.4 is 0 Å². The van der Waals surface area contributed by atoms with Crippen molar-refractivity contribution >= 4 is 5.97 Å². The van der Waals surface area contributed by atoms with Gasteiger partial charge in [-0.15, -0.1) is 0 Å². The van der Waals surface area contributed by atoms with Crippen LogP contribution in [-0.4, -0.2) is 16.2 Å². The van der Waals surface area contributed by atoms with Gasteiger partial charge in [0.15, 0.2) is 0 Å². The van der Waals surface area contributed by atoms with Crippen molar-refractivity contribution in [1.82, 2.24) is 0 Å². The molecule has 0 amide bonds. The van der Waals surface area contributed by atoms with Crippen LogP contribution in [0.5, 0.6) is 5.75 Å². The number of phenolic OH excluding ortho intramolecular Hbond substituents is 1. The summed E-state index contributed by atoms with van der Waals surface area (Å²) in [6.07, 6.45) is 0. The first-order chi connectivity index (χ1) is 5.93. The zero-order chi connectivity index (χ0) is 10.4. The summed E-state index contributed by atoms with van der Waals surface area (Å²) >= 11 is 0. The van der Waals surface area contributed by atoms with Crippen molar-refractivity contribution in [2.75, 3.05) is 0 Å². The third-order valence-electron chi connectivity index (χ3n) is 1.35. The van der Waals surface area contributed by atoms with E-state index in [0.29, 0.717) is 5.75 Å². The van der Waals surface area contributed by atoms with Crippen LogP contribution >= 0.6 is 0 Å². The van der Waals surface area contributed by atoms with Crippen LogP contribution in [0.4, 0.5) is 0 Å². The molecule has 0 aliphatic heterocycles. The van der Waals surface area contributed by atoms with Crippen molar-refractivity contribution in [2.24, 2.45) is 0 Å². The molecule has 0 radical (unpaired) electrons. The van der Waals surface area contributed by atoms with E-state index in [2.05, 4.69) is 0 Å². The lowest BCUT2D eigenvalue weighted by Gasteiger charge is -1.97. The Kier molecular flexibility index (Phi) is 4.59. The second-order valence-corrected chi connectivity index (χ2v) is 2.81. The Bertz CT molecular complexity index is 288. The van der Waals surface area contributed by atoms with E-state index in [1.807, 2.05) is 26.0 Å². The van der Waals surface area contributed by atoms with E-state index in [-0.39, 0.29) is 0 Å². The van der Waals surface area contributed by atoms with Gasteiger partial charge in [-0.2, -0.15) is 0 Å². The van der Waals surface area contributed by atoms with Crippen LogP contribution in [0.2, 0.25) is 0 Å². The minimum Gasteiger partial charge on any atom is -0.508 e. The lowest BCUT2D eigenvalue weighted by Crippen LogP contribution is -1.78. The molecule has 0 spiro atoms. The number of aliphatic carboxylic acids is 1. The number of phenols is 1. The third kappa shape index (κ3) is 5.73. The predicted molar refractivity (Wildman–Crippen MR) is 50.9 cm³/mol. The van der Waals surface area contributed by atoms with Gasteiger partial charge in [-0.3, -0.25) is 4.79 Å². The highest BCUT2D eigenvalue weighted by molar-refractivity contribution is 5.62. The first-order valence-electron chi connectivity index (χ1n) is 3.89. The largest absolute Gasteiger partial charge is 0.508 e. The molecular weight excluding hydrogens is 168 g/mol.